The third-order valence-corrected chi connectivity index (χ3v) is 2.89. The van der Waals surface area contributed by atoms with E-state index in [1.165, 1.54) is 0 Å². The molecule has 2 aromatic rings. The standard InChI is InChI=1S/C11H13N3O3/c1-11(2,9(15)10(16)17)7-5-13-8-6-12-3-4-14(7)8/h3-6,9,15H,1-2H3,(H,16,17). The van der Waals surface area contributed by atoms with Crippen LogP contribution in [0.5, 0.6) is 0 Å². The van der Waals surface area contributed by atoms with E-state index in [1.54, 1.807) is 43.0 Å². The molecule has 0 fully saturated rings. The number of aliphatic carboxylic acids is 1. The number of carbonyl (C=O) groups is 1. The van der Waals surface area contributed by atoms with E-state index >= 15 is 0 Å². The summed E-state index contributed by atoms with van der Waals surface area (Å²) >= 11 is 0. The second kappa shape index (κ2) is 3.81. The molecule has 0 bridgehead atoms. The van der Waals surface area contributed by atoms with Gasteiger partial charge in [0.2, 0.25) is 0 Å². The summed E-state index contributed by atoms with van der Waals surface area (Å²) in [7, 11) is 0. The zero-order chi connectivity index (χ0) is 12.6. The first-order chi connectivity index (χ1) is 7.94. The smallest absolute Gasteiger partial charge is 0.333 e. The van der Waals surface area contributed by atoms with Crippen molar-refractivity contribution in [3.05, 3.63) is 30.5 Å². The second-order valence-electron chi connectivity index (χ2n) is 4.41. The zero-order valence-corrected chi connectivity index (χ0v) is 9.53. The molecule has 1 unspecified atom stereocenters. The van der Waals surface area contributed by atoms with Crippen molar-refractivity contribution >= 4 is 11.6 Å². The van der Waals surface area contributed by atoms with Gasteiger partial charge in [-0.3, -0.25) is 4.98 Å². The Morgan fingerprint density at radius 3 is 2.82 bits per heavy atom. The van der Waals surface area contributed by atoms with Crippen molar-refractivity contribution in [3.8, 4) is 0 Å². The molecule has 6 nitrogen and oxygen atoms in total. The normalized spacial score (nSPS) is 13.8. The van der Waals surface area contributed by atoms with Gasteiger partial charge in [0, 0.05) is 24.0 Å². The Kier molecular flexibility index (Phi) is 2.59. The summed E-state index contributed by atoms with van der Waals surface area (Å²) in [6.07, 6.45) is 4.92. The molecule has 0 aliphatic heterocycles. The molecular formula is C11H13N3O3. The van der Waals surface area contributed by atoms with Crippen LogP contribution in [0.4, 0.5) is 0 Å². The van der Waals surface area contributed by atoms with E-state index in [0.29, 0.717) is 11.3 Å². The largest absolute Gasteiger partial charge is 0.479 e. The third-order valence-electron chi connectivity index (χ3n) is 2.89. The number of carboxylic acids is 1. The Labute approximate surface area is 97.6 Å². The summed E-state index contributed by atoms with van der Waals surface area (Å²) in [6, 6.07) is 0. The number of aliphatic hydroxyl groups excluding tert-OH is 1. The average molecular weight is 235 g/mol. The summed E-state index contributed by atoms with van der Waals surface area (Å²) in [6.45, 7) is 3.32. The Morgan fingerprint density at radius 1 is 1.47 bits per heavy atom. The van der Waals surface area contributed by atoms with Gasteiger partial charge >= 0.3 is 5.97 Å². The Bertz CT molecular complexity index is 562. The Morgan fingerprint density at radius 2 is 2.18 bits per heavy atom. The first kappa shape index (κ1) is 11.5. The number of imidazole rings is 1. The van der Waals surface area contributed by atoms with E-state index in [1.807, 2.05) is 0 Å². The molecule has 2 N–H and O–H groups in total. The number of aromatic nitrogens is 3. The van der Waals surface area contributed by atoms with Crippen molar-refractivity contribution in [2.24, 2.45) is 0 Å². The Balaban J connectivity index is 2.56. The van der Waals surface area contributed by atoms with E-state index in [2.05, 4.69) is 9.97 Å². The molecule has 0 saturated carbocycles. The molecule has 0 radical (unpaired) electrons. The molecule has 1 atom stereocenters. The van der Waals surface area contributed by atoms with Gasteiger partial charge in [-0.05, 0) is 0 Å². The van der Waals surface area contributed by atoms with Crippen molar-refractivity contribution in [3.63, 3.8) is 0 Å². The lowest BCUT2D eigenvalue weighted by Gasteiger charge is -2.27. The minimum atomic E-state index is -1.49. The number of fused-ring (bicyclic) bond motifs is 1. The SMILES string of the molecule is CC(C)(c1cnc2cnccn12)C(O)C(=O)O. The molecule has 6 heteroatoms. The average Bonchev–Trinajstić information content (AvgIpc) is 2.72. The van der Waals surface area contributed by atoms with Crippen LogP contribution < -0.4 is 0 Å². The molecule has 2 heterocycles. The molecular weight excluding hydrogens is 222 g/mol. The molecule has 0 aromatic carbocycles. The number of rotatable bonds is 3. The molecule has 0 aliphatic carbocycles. The molecule has 2 rings (SSSR count). The molecule has 0 amide bonds. The number of carboxylic acid groups (broad SMARTS) is 1. The fourth-order valence-corrected chi connectivity index (χ4v) is 1.77. The lowest BCUT2D eigenvalue weighted by Crippen LogP contribution is -2.40. The number of hydrogen-bond donors (Lipinski definition) is 2. The lowest BCUT2D eigenvalue weighted by atomic mass is 9.83. The first-order valence-electron chi connectivity index (χ1n) is 5.13. The second-order valence-corrected chi connectivity index (χ2v) is 4.41. The summed E-state index contributed by atoms with van der Waals surface area (Å²) in [5.41, 5.74) is 0.310. The van der Waals surface area contributed by atoms with Crippen LogP contribution in [-0.4, -0.2) is 36.7 Å². The van der Waals surface area contributed by atoms with Crippen LogP contribution in [-0.2, 0) is 10.2 Å². The summed E-state index contributed by atoms with van der Waals surface area (Å²) in [5.74, 6) is -1.25. The van der Waals surface area contributed by atoms with Crippen LogP contribution in [0.2, 0.25) is 0 Å². The number of aliphatic hydroxyl groups is 1. The topological polar surface area (TPSA) is 87.7 Å². The monoisotopic (exact) mass is 235 g/mol. The van der Waals surface area contributed by atoms with Crippen LogP contribution in [0.15, 0.2) is 24.8 Å². The highest BCUT2D eigenvalue weighted by Crippen LogP contribution is 2.27. The van der Waals surface area contributed by atoms with E-state index in [-0.39, 0.29) is 0 Å². The van der Waals surface area contributed by atoms with E-state index < -0.39 is 17.5 Å². The molecule has 0 saturated heterocycles. The highest BCUT2D eigenvalue weighted by atomic mass is 16.4. The molecule has 2 aromatic heterocycles. The van der Waals surface area contributed by atoms with Gasteiger partial charge in [-0.25, -0.2) is 9.78 Å². The highest BCUT2D eigenvalue weighted by Gasteiger charge is 2.37. The van der Waals surface area contributed by atoms with Crippen molar-refractivity contribution < 1.29 is 15.0 Å². The summed E-state index contributed by atoms with van der Waals surface area (Å²) in [5, 5.41) is 18.6. The van der Waals surface area contributed by atoms with Crippen LogP contribution >= 0.6 is 0 Å². The van der Waals surface area contributed by atoms with Crippen molar-refractivity contribution in [1.29, 1.82) is 0 Å². The van der Waals surface area contributed by atoms with Gasteiger partial charge in [0.05, 0.1) is 11.9 Å². The number of hydrogen-bond acceptors (Lipinski definition) is 4. The first-order valence-corrected chi connectivity index (χ1v) is 5.13. The van der Waals surface area contributed by atoms with E-state index in [4.69, 9.17) is 5.11 Å². The molecule has 90 valence electrons. The maximum atomic E-state index is 10.9. The predicted octanol–water partition coefficient (Wildman–Crippen LogP) is 0.452. The zero-order valence-electron chi connectivity index (χ0n) is 9.53. The quantitative estimate of drug-likeness (QED) is 0.806. The van der Waals surface area contributed by atoms with Crippen LogP contribution in [0, 0.1) is 0 Å². The van der Waals surface area contributed by atoms with Crippen molar-refractivity contribution in [1.82, 2.24) is 14.4 Å². The van der Waals surface area contributed by atoms with Gasteiger partial charge < -0.3 is 14.6 Å². The Hall–Kier alpha value is -1.95. The minimum Gasteiger partial charge on any atom is -0.479 e. The van der Waals surface area contributed by atoms with Gasteiger partial charge in [-0.15, -0.1) is 0 Å². The molecule has 0 aliphatic rings. The fourth-order valence-electron chi connectivity index (χ4n) is 1.77. The summed E-state index contributed by atoms with van der Waals surface area (Å²) in [4.78, 5) is 18.9. The van der Waals surface area contributed by atoms with Gasteiger partial charge in [-0.1, -0.05) is 13.8 Å². The minimum absolute atomic E-state index is 0.619. The van der Waals surface area contributed by atoms with Crippen molar-refractivity contribution in [2.45, 2.75) is 25.4 Å². The van der Waals surface area contributed by atoms with Crippen LogP contribution in [0.25, 0.3) is 5.65 Å². The molecule has 0 spiro atoms. The summed E-state index contributed by atoms with van der Waals surface area (Å²) < 4.78 is 1.72. The van der Waals surface area contributed by atoms with Gasteiger partial charge in [0.1, 0.15) is 0 Å². The lowest BCUT2D eigenvalue weighted by molar-refractivity contribution is -0.150. The van der Waals surface area contributed by atoms with Gasteiger partial charge in [0.25, 0.3) is 0 Å². The maximum absolute atomic E-state index is 10.9. The van der Waals surface area contributed by atoms with Crippen molar-refractivity contribution in [2.75, 3.05) is 0 Å². The van der Waals surface area contributed by atoms with Gasteiger partial charge in [-0.2, -0.15) is 0 Å². The van der Waals surface area contributed by atoms with Gasteiger partial charge in [0.15, 0.2) is 11.8 Å². The maximum Gasteiger partial charge on any atom is 0.333 e. The molecule has 17 heavy (non-hydrogen) atoms. The van der Waals surface area contributed by atoms with E-state index in [9.17, 15) is 9.90 Å². The third kappa shape index (κ3) is 1.76. The highest BCUT2D eigenvalue weighted by molar-refractivity contribution is 5.74. The number of nitrogens with zero attached hydrogens (tertiary/aromatic N) is 3. The van der Waals surface area contributed by atoms with Crippen LogP contribution in [0.1, 0.15) is 19.5 Å². The fraction of sp³-hybridized carbons (Fsp3) is 0.364. The predicted molar refractivity (Wildman–Crippen MR) is 59.7 cm³/mol. The van der Waals surface area contributed by atoms with Crippen LogP contribution in [0.3, 0.4) is 0 Å². The van der Waals surface area contributed by atoms with E-state index in [0.717, 1.165) is 0 Å².